The number of pyridine rings is 1. The third-order valence-corrected chi connectivity index (χ3v) is 3.27. The molecule has 1 fully saturated rings. The zero-order valence-corrected chi connectivity index (χ0v) is 9.84. The van der Waals surface area contributed by atoms with E-state index in [4.69, 9.17) is 0 Å². The number of Topliss-reactive ketones (excluding diaryl/α,β-unsaturated/α-hetero) is 1. The summed E-state index contributed by atoms with van der Waals surface area (Å²) in [7, 11) is 0. The Morgan fingerprint density at radius 1 is 1.44 bits per heavy atom. The normalized spacial score (nSPS) is 24.2. The number of ketones is 1. The van der Waals surface area contributed by atoms with E-state index in [0.717, 1.165) is 0 Å². The third-order valence-electron chi connectivity index (χ3n) is 3.27. The van der Waals surface area contributed by atoms with E-state index in [1.54, 1.807) is 6.92 Å². The van der Waals surface area contributed by atoms with E-state index < -0.39 is 17.4 Å². The molecule has 3 nitrogen and oxygen atoms in total. The molecule has 0 radical (unpaired) electrons. The van der Waals surface area contributed by atoms with E-state index in [0.29, 0.717) is 5.56 Å². The lowest BCUT2D eigenvalue weighted by molar-refractivity contribution is -0.197. The molecule has 0 aliphatic carbocycles. The summed E-state index contributed by atoms with van der Waals surface area (Å²) in [6.07, 6.45) is -2.06. The summed E-state index contributed by atoms with van der Waals surface area (Å²) in [5.41, 5.74) is -1.61. The number of aromatic nitrogens is 1. The van der Waals surface area contributed by atoms with Crippen LogP contribution in [-0.2, 0) is 0 Å². The maximum Gasteiger partial charge on any atom is 0.402 e. The minimum Gasteiger partial charge on any atom is -0.315 e. The number of hydrogen-bond donors (Lipinski definition) is 1. The molecule has 1 N–H and O–H groups in total. The maximum atomic E-state index is 13.2. The van der Waals surface area contributed by atoms with Crippen LogP contribution in [0.2, 0.25) is 0 Å². The second kappa shape index (κ2) is 4.35. The molecule has 0 bridgehead atoms. The monoisotopic (exact) mass is 258 g/mol. The molecule has 1 unspecified atom stereocenters. The van der Waals surface area contributed by atoms with Crippen molar-refractivity contribution in [2.45, 2.75) is 19.5 Å². The van der Waals surface area contributed by atoms with Gasteiger partial charge in [-0.1, -0.05) is 0 Å². The fourth-order valence-electron chi connectivity index (χ4n) is 2.21. The van der Waals surface area contributed by atoms with Crippen LogP contribution in [0.3, 0.4) is 0 Å². The van der Waals surface area contributed by atoms with E-state index in [9.17, 15) is 18.0 Å². The van der Waals surface area contributed by atoms with Crippen LogP contribution in [0, 0.1) is 12.3 Å². The molecule has 1 aromatic heterocycles. The standard InChI is InChI=1S/C12H13F3N2O/c1-8-4-9(6-17-5-8)10(18)11(12(13,14)15)2-3-16-7-11/h4-6,16H,2-3,7H2,1H3. The predicted octanol–water partition coefficient (Wildman–Crippen LogP) is 2.11. The number of aryl methyl sites for hydroxylation is 1. The molecule has 2 heterocycles. The van der Waals surface area contributed by atoms with Gasteiger partial charge in [-0.15, -0.1) is 0 Å². The Hall–Kier alpha value is -1.43. The largest absolute Gasteiger partial charge is 0.402 e. The van der Waals surface area contributed by atoms with Crippen molar-refractivity contribution in [3.63, 3.8) is 0 Å². The van der Waals surface area contributed by atoms with Gasteiger partial charge in [0.2, 0.25) is 0 Å². The third kappa shape index (κ3) is 2.01. The predicted molar refractivity (Wildman–Crippen MR) is 59.3 cm³/mol. The van der Waals surface area contributed by atoms with Crippen molar-refractivity contribution >= 4 is 5.78 Å². The van der Waals surface area contributed by atoms with Gasteiger partial charge in [-0.25, -0.2) is 0 Å². The van der Waals surface area contributed by atoms with Crippen molar-refractivity contribution in [1.29, 1.82) is 0 Å². The summed E-state index contributed by atoms with van der Waals surface area (Å²) >= 11 is 0. The maximum absolute atomic E-state index is 13.2. The topological polar surface area (TPSA) is 42.0 Å². The number of halogens is 3. The SMILES string of the molecule is Cc1cncc(C(=O)C2(C(F)(F)F)CCNC2)c1. The number of nitrogens with one attached hydrogen (secondary N) is 1. The highest BCUT2D eigenvalue weighted by molar-refractivity contribution is 6.01. The second-order valence-corrected chi connectivity index (χ2v) is 4.59. The smallest absolute Gasteiger partial charge is 0.315 e. The molecule has 0 amide bonds. The molecule has 0 spiro atoms. The Morgan fingerprint density at radius 2 is 2.17 bits per heavy atom. The molecule has 98 valence electrons. The number of alkyl halides is 3. The Labute approximate surface area is 102 Å². The molecule has 1 aliphatic rings. The first-order chi connectivity index (χ1) is 8.37. The zero-order chi connectivity index (χ0) is 13.4. The summed E-state index contributed by atoms with van der Waals surface area (Å²) in [5, 5.41) is 2.62. The van der Waals surface area contributed by atoms with Gasteiger partial charge in [-0.3, -0.25) is 9.78 Å². The van der Waals surface area contributed by atoms with E-state index in [-0.39, 0.29) is 25.1 Å². The molecule has 0 aromatic carbocycles. The van der Waals surface area contributed by atoms with Gasteiger partial charge in [-0.05, 0) is 31.5 Å². The minimum atomic E-state index is -4.54. The van der Waals surface area contributed by atoms with E-state index in [1.807, 2.05) is 0 Å². The van der Waals surface area contributed by atoms with Crippen LogP contribution in [0.25, 0.3) is 0 Å². The summed E-state index contributed by atoms with van der Waals surface area (Å²) < 4.78 is 39.5. The first kappa shape index (κ1) is 13.0. The Kier molecular flexibility index (Phi) is 3.14. The second-order valence-electron chi connectivity index (χ2n) is 4.59. The van der Waals surface area contributed by atoms with Crippen LogP contribution in [0.1, 0.15) is 22.3 Å². The van der Waals surface area contributed by atoms with Crippen molar-refractivity contribution in [1.82, 2.24) is 10.3 Å². The molecular weight excluding hydrogens is 245 g/mol. The molecule has 1 atom stereocenters. The molecule has 0 saturated carbocycles. The lowest BCUT2D eigenvalue weighted by Gasteiger charge is -2.29. The van der Waals surface area contributed by atoms with Crippen LogP contribution in [0.15, 0.2) is 18.5 Å². The molecular formula is C12H13F3N2O. The van der Waals surface area contributed by atoms with E-state index in [1.165, 1.54) is 18.5 Å². The number of hydrogen-bond acceptors (Lipinski definition) is 3. The highest BCUT2D eigenvalue weighted by Crippen LogP contribution is 2.45. The molecule has 6 heteroatoms. The van der Waals surface area contributed by atoms with Crippen molar-refractivity contribution in [3.8, 4) is 0 Å². The van der Waals surface area contributed by atoms with E-state index >= 15 is 0 Å². The number of carbonyl (C=O) groups is 1. The number of carbonyl (C=O) groups excluding carboxylic acids is 1. The van der Waals surface area contributed by atoms with Gasteiger partial charge in [0, 0.05) is 24.5 Å². The average molecular weight is 258 g/mol. The van der Waals surface area contributed by atoms with Gasteiger partial charge in [0.05, 0.1) is 0 Å². The molecule has 1 aliphatic heterocycles. The van der Waals surface area contributed by atoms with Gasteiger partial charge in [0.15, 0.2) is 5.78 Å². The summed E-state index contributed by atoms with van der Waals surface area (Å²) in [5.74, 6) is -0.892. The van der Waals surface area contributed by atoms with Gasteiger partial charge in [0.25, 0.3) is 0 Å². The average Bonchev–Trinajstić information content (AvgIpc) is 2.77. The minimum absolute atomic E-state index is 0.0241. The Balaban J connectivity index is 2.42. The molecule has 2 rings (SSSR count). The molecule has 1 saturated heterocycles. The molecule has 18 heavy (non-hydrogen) atoms. The summed E-state index contributed by atoms with van der Waals surface area (Å²) in [6, 6.07) is 1.45. The Morgan fingerprint density at radius 3 is 2.67 bits per heavy atom. The number of nitrogens with zero attached hydrogens (tertiary/aromatic N) is 1. The van der Waals surface area contributed by atoms with Gasteiger partial charge >= 0.3 is 6.18 Å². The summed E-state index contributed by atoms with van der Waals surface area (Å²) in [4.78, 5) is 15.9. The van der Waals surface area contributed by atoms with Gasteiger partial charge in [-0.2, -0.15) is 13.2 Å². The van der Waals surface area contributed by atoms with Crippen LogP contribution >= 0.6 is 0 Å². The van der Waals surface area contributed by atoms with Crippen LogP contribution < -0.4 is 5.32 Å². The van der Waals surface area contributed by atoms with Crippen molar-refractivity contribution < 1.29 is 18.0 Å². The summed E-state index contributed by atoms with van der Waals surface area (Å²) in [6.45, 7) is 1.53. The first-order valence-corrected chi connectivity index (χ1v) is 5.61. The van der Waals surface area contributed by atoms with Crippen molar-refractivity contribution in [2.75, 3.05) is 13.1 Å². The lowest BCUT2D eigenvalue weighted by Crippen LogP contribution is -2.46. The zero-order valence-electron chi connectivity index (χ0n) is 9.84. The van der Waals surface area contributed by atoms with Crippen LogP contribution in [0.4, 0.5) is 13.2 Å². The quantitative estimate of drug-likeness (QED) is 0.826. The van der Waals surface area contributed by atoms with Crippen molar-refractivity contribution in [2.24, 2.45) is 5.41 Å². The van der Waals surface area contributed by atoms with E-state index in [2.05, 4.69) is 10.3 Å². The lowest BCUT2D eigenvalue weighted by atomic mass is 9.79. The first-order valence-electron chi connectivity index (χ1n) is 5.61. The number of rotatable bonds is 2. The molecule has 1 aromatic rings. The van der Waals surface area contributed by atoms with Gasteiger partial charge in [0.1, 0.15) is 5.41 Å². The van der Waals surface area contributed by atoms with Crippen LogP contribution in [0.5, 0.6) is 0 Å². The Bertz CT molecular complexity index is 465. The fraction of sp³-hybridized carbons (Fsp3) is 0.500. The van der Waals surface area contributed by atoms with Crippen molar-refractivity contribution in [3.05, 3.63) is 29.6 Å². The van der Waals surface area contributed by atoms with Crippen LogP contribution in [-0.4, -0.2) is 30.0 Å². The highest BCUT2D eigenvalue weighted by Gasteiger charge is 2.61. The fourth-order valence-corrected chi connectivity index (χ4v) is 2.21. The highest BCUT2D eigenvalue weighted by atomic mass is 19.4. The van der Waals surface area contributed by atoms with Gasteiger partial charge < -0.3 is 5.32 Å².